The highest BCUT2D eigenvalue weighted by Crippen LogP contribution is 2.58. The molecule has 2 unspecified atom stereocenters. The number of nitrogens with zero attached hydrogens (tertiary/aromatic N) is 2. The topological polar surface area (TPSA) is 96.4 Å². The summed E-state index contributed by atoms with van der Waals surface area (Å²) < 4.78 is 12.0. The number of esters is 1. The van der Waals surface area contributed by atoms with Crippen LogP contribution in [0.25, 0.3) is 0 Å². The van der Waals surface area contributed by atoms with Crippen LogP contribution >= 0.6 is 0 Å². The molecule has 3 saturated heterocycles. The molecule has 1 aromatic rings. The first-order valence-corrected chi connectivity index (χ1v) is 13.3. The van der Waals surface area contributed by atoms with Crippen LogP contribution in [0.1, 0.15) is 44.1 Å². The number of hydrogen-bond donors (Lipinski definition) is 1. The van der Waals surface area contributed by atoms with Crippen molar-refractivity contribution in [2.45, 2.75) is 62.8 Å². The number of benzene rings is 1. The van der Waals surface area contributed by atoms with E-state index in [2.05, 4.69) is 13.2 Å². The highest BCUT2D eigenvalue weighted by atomic mass is 16.6. The van der Waals surface area contributed by atoms with Crippen LogP contribution in [-0.4, -0.2) is 76.7 Å². The Morgan fingerprint density at radius 2 is 1.97 bits per heavy atom. The summed E-state index contributed by atoms with van der Waals surface area (Å²) in [5.74, 6) is -2.40. The number of ether oxygens (including phenoxy) is 2. The molecule has 0 saturated carbocycles. The molecule has 0 radical (unpaired) electrons. The molecule has 2 bridgehead atoms. The molecule has 200 valence electrons. The van der Waals surface area contributed by atoms with Gasteiger partial charge in [-0.15, -0.1) is 13.2 Å². The number of amides is 2. The van der Waals surface area contributed by atoms with Crippen molar-refractivity contribution in [2.75, 3.05) is 26.3 Å². The van der Waals surface area contributed by atoms with Gasteiger partial charge in [-0.25, -0.2) is 0 Å². The number of rotatable bonds is 14. The smallest absolute Gasteiger partial charge is 0.312 e. The van der Waals surface area contributed by atoms with Crippen LogP contribution in [0.2, 0.25) is 0 Å². The summed E-state index contributed by atoms with van der Waals surface area (Å²) in [6.45, 7) is 8.60. The van der Waals surface area contributed by atoms with E-state index in [-0.39, 0.29) is 31.6 Å². The highest BCUT2D eigenvalue weighted by molar-refractivity contribution is 5.98. The Balaban J connectivity index is 1.60. The number of hydrogen-bond acceptors (Lipinski definition) is 6. The van der Waals surface area contributed by atoms with E-state index in [4.69, 9.17) is 9.47 Å². The van der Waals surface area contributed by atoms with E-state index >= 15 is 0 Å². The van der Waals surface area contributed by atoms with Gasteiger partial charge in [0.25, 0.3) is 0 Å². The summed E-state index contributed by atoms with van der Waals surface area (Å²) >= 11 is 0. The minimum absolute atomic E-state index is 0.109. The lowest BCUT2D eigenvalue weighted by Crippen LogP contribution is -2.56. The van der Waals surface area contributed by atoms with Gasteiger partial charge in [-0.2, -0.15) is 0 Å². The second kappa shape index (κ2) is 12.0. The van der Waals surface area contributed by atoms with Gasteiger partial charge in [0.05, 0.1) is 24.5 Å². The van der Waals surface area contributed by atoms with Crippen molar-refractivity contribution in [3.63, 3.8) is 0 Å². The van der Waals surface area contributed by atoms with Crippen molar-refractivity contribution in [1.29, 1.82) is 0 Å². The lowest BCUT2D eigenvalue weighted by Gasteiger charge is -2.36. The molecule has 8 heteroatoms. The maximum absolute atomic E-state index is 14.2. The molecule has 4 rings (SSSR count). The van der Waals surface area contributed by atoms with Gasteiger partial charge in [0.1, 0.15) is 11.6 Å². The van der Waals surface area contributed by atoms with Crippen molar-refractivity contribution in [1.82, 2.24) is 9.80 Å². The number of carbonyl (C=O) groups is 3. The normalized spacial score (nSPS) is 27.7. The number of carbonyl (C=O) groups excluding carboxylic acids is 3. The first kappa shape index (κ1) is 27.1. The number of aliphatic hydroxyl groups is 1. The first-order chi connectivity index (χ1) is 18.0. The zero-order valence-corrected chi connectivity index (χ0v) is 21.4. The van der Waals surface area contributed by atoms with Crippen LogP contribution in [0.4, 0.5) is 0 Å². The van der Waals surface area contributed by atoms with Crippen LogP contribution in [0.15, 0.2) is 55.6 Å². The highest BCUT2D eigenvalue weighted by Gasteiger charge is 2.75. The van der Waals surface area contributed by atoms with Crippen molar-refractivity contribution >= 4 is 17.8 Å². The maximum atomic E-state index is 14.2. The van der Waals surface area contributed by atoms with Gasteiger partial charge in [0.2, 0.25) is 11.8 Å². The summed E-state index contributed by atoms with van der Waals surface area (Å²) in [6, 6.07) is 8.79. The lowest BCUT2D eigenvalue weighted by atomic mass is 9.70. The van der Waals surface area contributed by atoms with E-state index in [1.165, 1.54) is 4.90 Å². The second-order valence-corrected chi connectivity index (χ2v) is 10.1. The maximum Gasteiger partial charge on any atom is 0.312 e. The largest absolute Gasteiger partial charge is 0.465 e. The molecule has 5 atom stereocenters. The van der Waals surface area contributed by atoms with Gasteiger partial charge in [-0.3, -0.25) is 14.4 Å². The summed E-state index contributed by atoms with van der Waals surface area (Å²) in [6.07, 6.45) is 6.97. The molecule has 37 heavy (non-hydrogen) atoms. The van der Waals surface area contributed by atoms with Gasteiger partial charge in [-0.1, -0.05) is 42.5 Å². The fourth-order valence-corrected chi connectivity index (χ4v) is 6.21. The second-order valence-electron chi connectivity index (χ2n) is 10.1. The fourth-order valence-electron chi connectivity index (χ4n) is 6.21. The zero-order valence-electron chi connectivity index (χ0n) is 21.4. The molecule has 2 amide bonds. The third-order valence-corrected chi connectivity index (χ3v) is 7.79. The molecular formula is C29H38N2O6. The molecule has 1 aromatic carbocycles. The number of fused-ring (bicyclic) bond motifs is 1. The van der Waals surface area contributed by atoms with E-state index in [1.807, 2.05) is 36.4 Å². The van der Waals surface area contributed by atoms with E-state index in [0.717, 1.165) is 24.8 Å². The standard InChI is InChI=1S/C29H38N2O6/c1-3-5-6-10-19-36-28(35)23-22-14-15-29(37-22)24(23)26(33)31(17-11-18-32)25(29)27(34)30(16-4-2)20-21-12-8-7-9-13-21/h3-4,7-9,12-13,22-25,32H,1-2,5-6,10-11,14-20H2/t22-,23+,24+,25?,29?/m1/s1. The Kier molecular flexibility index (Phi) is 8.82. The predicted molar refractivity (Wildman–Crippen MR) is 138 cm³/mol. The first-order valence-electron chi connectivity index (χ1n) is 13.3. The average Bonchev–Trinajstić information content (AvgIpc) is 3.54. The van der Waals surface area contributed by atoms with E-state index in [0.29, 0.717) is 32.4 Å². The zero-order chi connectivity index (χ0) is 26.4. The average molecular weight is 511 g/mol. The minimum Gasteiger partial charge on any atom is -0.465 e. The summed E-state index contributed by atoms with van der Waals surface area (Å²) in [5, 5.41) is 9.50. The van der Waals surface area contributed by atoms with E-state index < -0.39 is 35.6 Å². The summed E-state index contributed by atoms with van der Waals surface area (Å²) in [4.78, 5) is 44.4. The molecule has 1 N–H and O–H groups in total. The van der Waals surface area contributed by atoms with Gasteiger partial charge in [0, 0.05) is 26.2 Å². The molecule has 8 nitrogen and oxygen atoms in total. The predicted octanol–water partition coefficient (Wildman–Crippen LogP) is 2.86. The molecule has 1 spiro atoms. The van der Waals surface area contributed by atoms with Crippen molar-refractivity contribution < 1.29 is 29.0 Å². The summed E-state index contributed by atoms with van der Waals surface area (Å²) in [7, 11) is 0. The van der Waals surface area contributed by atoms with Crippen LogP contribution in [-0.2, 0) is 30.4 Å². The number of allylic oxidation sites excluding steroid dienone is 1. The van der Waals surface area contributed by atoms with Crippen LogP contribution in [0.3, 0.4) is 0 Å². The lowest BCUT2D eigenvalue weighted by molar-refractivity contribution is -0.155. The Bertz CT molecular complexity index is 997. The monoisotopic (exact) mass is 510 g/mol. The van der Waals surface area contributed by atoms with Gasteiger partial charge in [-0.05, 0) is 44.1 Å². The van der Waals surface area contributed by atoms with Crippen LogP contribution < -0.4 is 0 Å². The molecule has 0 aromatic heterocycles. The van der Waals surface area contributed by atoms with Crippen LogP contribution in [0, 0.1) is 11.8 Å². The van der Waals surface area contributed by atoms with Gasteiger partial charge >= 0.3 is 5.97 Å². The Morgan fingerprint density at radius 1 is 1.19 bits per heavy atom. The number of likely N-dealkylation sites (tertiary alicyclic amines) is 1. The van der Waals surface area contributed by atoms with Crippen LogP contribution in [0.5, 0.6) is 0 Å². The van der Waals surface area contributed by atoms with Crippen molar-refractivity contribution in [3.05, 3.63) is 61.2 Å². The number of unbranched alkanes of at least 4 members (excludes halogenated alkanes) is 2. The molecule has 3 aliphatic heterocycles. The Hall–Kier alpha value is -2.97. The molecule has 3 heterocycles. The van der Waals surface area contributed by atoms with Gasteiger partial charge < -0.3 is 24.4 Å². The molecular weight excluding hydrogens is 472 g/mol. The molecule has 3 fully saturated rings. The third kappa shape index (κ3) is 5.22. The van der Waals surface area contributed by atoms with Crippen molar-refractivity contribution in [2.24, 2.45) is 11.8 Å². The quantitative estimate of drug-likeness (QED) is 0.235. The van der Waals surface area contributed by atoms with Gasteiger partial charge in [0.15, 0.2) is 0 Å². The third-order valence-electron chi connectivity index (χ3n) is 7.79. The number of aliphatic hydroxyl groups excluding tert-OH is 1. The SMILES string of the molecule is C=CCCCCOC(=O)[C@@H]1[C@H]2C(=O)N(CCCO)C(C(=O)N(CC=C)Cc3ccccc3)C23CC[C@H]1O3. The molecule has 0 aliphatic carbocycles. The van der Waals surface area contributed by atoms with Crippen molar-refractivity contribution in [3.8, 4) is 0 Å². The Morgan fingerprint density at radius 3 is 2.68 bits per heavy atom. The van der Waals surface area contributed by atoms with E-state index in [9.17, 15) is 19.5 Å². The molecule has 3 aliphatic rings. The fraction of sp³-hybridized carbons (Fsp3) is 0.552. The summed E-state index contributed by atoms with van der Waals surface area (Å²) in [5.41, 5.74) is -0.107. The Labute approximate surface area is 218 Å². The van der Waals surface area contributed by atoms with E-state index in [1.54, 1.807) is 11.0 Å². The minimum atomic E-state index is -1.07.